The number of hydrogen-bond acceptors (Lipinski definition) is 6. The van der Waals surface area contributed by atoms with Crippen LogP contribution in [0.5, 0.6) is 0 Å². The standard InChI is InChI=1S/C46H49NO5S2/c1-33-13-11-26-45(2)42(25-27-46(45,50)32-47(31-34-14-5-3-6-15-34)54(51,52)43-20-12-28-53-43)39-24-22-35(29-37(48)23-21-33)30-41(39)44(49)40-19-10-9-18-38(40)36-16-7-4-8-17-36/h3-10,12-20,22,24,28,30,37,42,48,50H,11,21,23,25-27,29,31-32H2,1-2H3/t37-,42-,45-,46+/m0/s1. The molecule has 54 heavy (non-hydrogen) atoms. The summed E-state index contributed by atoms with van der Waals surface area (Å²) in [5, 5.41) is 26.0. The van der Waals surface area contributed by atoms with E-state index in [0.29, 0.717) is 49.7 Å². The van der Waals surface area contributed by atoms with E-state index >= 15 is 0 Å². The molecular formula is C46H49NO5S2. The molecule has 1 saturated carbocycles. The van der Waals surface area contributed by atoms with Crippen molar-refractivity contribution in [2.75, 3.05) is 6.54 Å². The van der Waals surface area contributed by atoms with Crippen molar-refractivity contribution >= 4 is 27.1 Å². The molecule has 2 bridgehead atoms. The molecule has 6 nitrogen and oxygen atoms in total. The minimum atomic E-state index is -3.95. The third-order valence-corrected chi connectivity index (χ3v) is 15.1. The first-order valence-electron chi connectivity index (χ1n) is 18.9. The predicted octanol–water partition coefficient (Wildman–Crippen LogP) is 9.58. The molecule has 0 aliphatic heterocycles. The first kappa shape index (κ1) is 38.1. The summed E-state index contributed by atoms with van der Waals surface area (Å²) in [4.78, 5) is 15.0. The zero-order chi connectivity index (χ0) is 37.9. The summed E-state index contributed by atoms with van der Waals surface area (Å²) in [5.74, 6) is -0.351. The summed E-state index contributed by atoms with van der Waals surface area (Å²) < 4.78 is 30.4. The van der Waals surface area contributed by atoms with Crippen LogP contribution >= 0.6 is 11.3 Å². The monoisotopic (exact) mass is 759 g/mol. The maximum Gasteiger partial charge on any atom is 0.252 e. The van der Waals surface area contributed by atoms with Crippen molar-refractivity contribution in [1.29, 1.82) is 0 Å². The van der Waals surface area contributed by atoms with E-state index < -0.39 is 27.1 Å². The van der Waals surface area contributed by atoms with Gasteiger partial charge in [0.25, 0.3) is 10.0 Å². The molecule has 0 radical (unpaired) electrons. The molecular weight excluding hydrogens is 711 g/mol. The largest absolute Gasteiger partial charge is 0.393 e. The molecule has 4 atom stereocenters. The molecule has 1 aromatic heterocycles. The fraction of sp³-hybridized carbons (Fsp3) is 0.326. The molecule has 280 valence electrons. The third kappa shape index (κ3) is 7.68. The van der Waals surface area contributed by atoms with Crippen molar-refractivity contribution in [3.63, 3.8) is 0 Å². The molecule has 3 aliphatic carbocycles. The van der Waals surface area contributed by atoms with Gasteiger partial charge in [0.15, 0.2) is 5.78 Å². The van der Waals surface area contributed by atoms with E-state index in [-0.39, 0.29) is 29.0 Å². The Morgan fingerprint density at radius 1 is 0.870 bits per heavy atom. The van der Waals surface area contributed by atoms with Crippen LogP contribution in [-0.4, -0.2) is 47.0 Å². The van der Waals surface area contributed by atoms with Crippen LogP contribution in [0.2, 0.25) is 0 Å². The van der Waals surface area contributed by atoms with Gasteiger partial charge in [-0.15, -0.1) is 11.3 Å². The highest BCUT2D eigenvalue weighted by molar-refractivity contribution is 7.91. The molecule has 1 heterocycles. The summed E-state index contributed by atoms with van der Waals surface area (Å²) in [6.07, 6.45) is 5.63. The molecule has 2 N–H and O–H groups in total. The Morgan fingerprint density at radius 3 is 2.33 bits per heavy atom. The number of aliphatic hydroxyl groups is 2. The van der Waals surface area contributed by atoms with Gasteiger partial charge in [0.05, 0.1) is 11.7 Å². The van der Waals surface area contributed by atoms with Crippen molar-refractivity contribution in [3.05, 3.63) is 160 Å². The Balaban J connectivity index is 1.35. The lowest BCUT2D eigenvalue weighted by molar-refractivity contribution is -0.0731. The molecule has 8 heteroatoms. The number of carbonyl (C=O) groups is 1. The number of nitrogens with zero attached hydrogens (tertiary/aromatic N) is 1. The molecule has 0 saturated heterocycles. The smallest absolute Gasteiger partial charge is 0.252 e. The van der Waals surface area contributed by atoms with Gasteiger partial charge in [-0.3, -0.25) is 4.79 Å². The van der Waals surface area contributed by atoms with Crippen LogP contribution in [0.15, 0.2) is 136 Å². The van der Waals surface area contributed by atoms with Crippen LogP contribution in [0.25, 0.3) is 11.1 Å². The lowest BCUT2D eigenvalue weighted by Crippen LogP contribution is -2.53. The van der Waals surface area contributed by atoms with Gasteiger partial charge in [-0.25, -0.2) is 8.42 Å². The van der Waals surface area contributed by atoms with Crippen molar-refractivity contribution < 1.29 is 23.4 Å². The predicted molar refractivity (Wildman–Crippen MR) is 217 cm³/mol. The topological polar surface area (TPSA) is 94.9 Å². The lowest BCUT2D eigenvalue weighted by Gasteiger charge is -2.46. The number of carbonyl (C=O) groups excluding carboxylic acids is 1. The highest BCUT2D eigenvalue weighted by Gasteiger charge is 2.58. The number of rotatable bonds is 9. The van der Waals surface area contributed by atoms with Crippen LogP contribution in [0.4, 0.5) is 0 Å². The van der Waals surface area contributed by atoms with Crippen molar-refractivity contribution in [3.8, 4) is 11.1 Å². The van der Waals surface area contributed by atoms with Gasteiger partial charge in [-0.2, -0.15) is 4.31 Å². The van der Waals surface area contributed by atoms with Crippen molar-refractivity contribution in [2.24, 2.45) is 5.41 Å². The number of thiophene rings is 1. The van der Waals surface area contributed by atoms with E-state index in [1.807, 2.05) is 103 Å². The molecule has 0 unspecified atom stereocenters. The lowest BCUT2D eigenvalue weighted by atomic mass is 9.64. The number of benzene rings is 4. The average molecular weight is 760 g/mol. The third-order valence-electron chi connectivity index (χ3n) is 11.9. The first-order valence-corrected chi connectivity index (χ1v) is 21.3. The van der Waals surface area contributed by atoms with E-state index in [1.54, 1.807) is 17.5 Å². The summed E-state index contributed by atoms with van der Waals surface area (Å²) >= 11 is 1.18. The summed E-state index contributed by atoms with van der Waals surface area (Å²) in [6, 6.07) is 36.5. The van der Waals surface area contributed by atoms with Crippen molar-refractivity contribution in [2.45, 2.75) is 87.2 Å². The van der Waals surface area contributed by atoms with Gasteiger partial charge in [0, 0.05) is 29.6 Å². The molecule has 0 amide bonds. The fourth-order valence-corrected chi connectivity index (χ4v) is 11.4. The number of ketones is 1. The second kappa shape index (κ2) is 15.9. The van der Waals surface area contributed by atoms with E-state index in [9.17, 15) is 23.4 Å². The van der Waals surface area contributed by atoms with E-state index in [2.05, 4.69) is 19.9 Å². The number of sulfonamides is 1. The summed E-state index contributed by atoms with van der Waals surface area (Å²) in [5.41, 5.74) is 4.50. The Hall–Kier alpha value is -4.18. The highest BCUT2D eigenvalue weighted by atomic mass is 32.2. The van der Waals surface area contributed by atoms with Crippen molar-refractivity contribution in [1.82, 2.24) is 4.31 Å². The minimum absolute atomic E-state index is 0.0811. The molecule has 3 aliphatic rings. The van der Waals surface area contributed by atoms with Gasteiger partial charge in [0.2, 0.25) is 0 Å². The van der Waals surface area contributed by atoms with Crippen LogP contribution in [0, 0.1) is 5.41 Å². The second-order valence-electron chi connectivity index (χ2n) is 15.4. The Kier molecular flexibility index (Phi) is 11.2. The zero-order valence-corrected chi connectivity index (χ0v) is 32.7. The average Bonchev–Trinajstić information content (AvgIpc) is 3.82. The number of fused-ring (bicyclic) bond motifs is 8. The van der Waals surface area contributed by atoms with E-state index in [0.717, 1.165) is 34.2 Å². The van der Waals surface area contributed by atoms with Crippen LogP contribution < -0.4 is 0 Å². The number of hydrogen-bond donors (Lipinski definition) is 2. The number of aliphatic hydroxyl groups excluding tert-OH is 1. The zero-order valence-electron chi connectivity index (χ0n) is 31.0. The molecule has 0 spiro atoms. The quantitative estimate of drug-likeness (QED) is 0.115. The molecule has 4 aromatic carbocycles. The number of allylic oxidation sites excluding steroid dienone is 2. The summed E-state index contributed by atoms with van der Waals surface area (Å²) in [6.45, 7) is 4.23. The van der Waals surface area contributed by atoms with Crippen LogP contribution in [0.1, 0.15) is 90.9 Å². The SMILES string of the molecule is CC1=CCC[C@@]2(C)[C@@H](CC[C@@]2(O)CN(Cc2ccccc2)S(=O)(=O)c2cccs2)c2ccc(cc2C(=O)c2ccccc2-c2ccccc2)C[C@@H](O)CC1. The highest BCUT2D eigenvalue weighted by Crippen LogP contribution is 2.59. The Bertz CT molecular complexity index is 2220. The van der Waals surface area contributed by atoms with Gasteiger partial charge >= 0.3 is 0 Å². The second-order valence-corrected chi connectivity index (χ2v) is 18.5. The Labute approximate surface area is 323 Å². The fourth-order valence-electron chi connectivity index (χ4n) is 8.73. The van der Waals surface area contributed by atoms with Gasteiger partial charge in [-0.1, -0.05) is 122 Å². The van der Waals surface area contributed by atoms with Gasteiger partial charge in [-0.05, 0) is 103 Å². The maximum absolute atomic E-state index is 15.0. The maximum atomic E-state index is 15.0. The van der Waals surface area contributed by atoms with E-state index in [4.69, 9.17) is 0 Å². The first-order chi connectivity index (χ1) is 26.0. The van der Waals surface area contributed by atoms with Crippen LogP contribution in [-0.2, 0) is 23.0 Å². The van der Waals surface area contributed by atoms with E-state index in [1.165, 1.54) is 21.2 Å². The van der Waals surface area contributed by atoms with Crippen LogP contribution in [0.3, 0.4) is 0 Å². The Morgan fingerprint density at radius 2 is 1.59 bits per heavy atom. The van der Waals surface area contributed by atoms with Gasteiger partial charge in [0.1, 0.15) is 4.21 Å². The summed E-state index contributed by atoms with van der Waals surface area (Å²) in [7, 11) is -3.95. The molecule has 8 rings (SSSR count). The van der Waals surface area contributed by atoms with Gasteiger partial charge < -0.3 is 10.2 Å². The molecule has 1 fully saturated rings. The normalized spacial score (nSPS) is 23.5. The minimum Gasteiger partial charge on any atom is -0.393 e. The molecule has 5 aromatic rings.